The second-order valence-electron chi connectivity index (χ2n) is 5.61. The molecule has 3 aromatic carbocycles. The smallest absolute Gasteiger partial charge is 0.302 e. The second-order valence-corrected chi connectivity index (χ2v) is 5.61. The number of hydrogen-bond acceptors (Lipinski definition) is 4. The zero-order valence-corrected chi connectivity index (χ0v) is 14.9. The van der Waals surface area contributed by atoms with Crippen LogP contribution in [0.2, 0.25) is 0 Å². The first-order chi connectivity index (χ1) is 11.6. The number of ether oxygens (including phenoxy) is 2. The van der Waals surface area contributed by atoms with Gasteiger partial charge in [-0.15, -0.1) is 12.4 Å². The number of halogens is 1. The predicted molar refractivity (Wildman–Crippen MR) is 99.6 cm³/mol. The van der Waals surface area contributed by atoms with E-state index in [-0.39, 0.29) is 37.6 Å². The van der Waals surface area contributed by atoms with E-state index in [4.69, 9.17) is 9.47 Å². The van der Waals surface area contributed by atoms with Crippen molar-refractivity contribution >= 4 is 45.9 Å². The topological polar surface area (TPSA) is 52.6 Å². The van der Waals surface area contributed by atoms with E-state index in [0.29, 0.717) is 0 Å². The van der Waals surface area contributed by atoms with Crippen LogP contribution in [0.3, 0.4) is 0 Å². The molecule has 0 saturated carbocycles. The average molecular weight is 359 g/mol. The molecule has 3 aromatic rings. The molecule has 0 N–H and O–H groups in total. The predicted octanol–water partition coefficient (Wildman–Crippen LogP) is 4.54. The van der Waals surface area contributed by atoms with Gasteiger partial charge in [0, 0.05) is 25.0 Å². The van der Waals surface area contributed by atoms with Crippen molar-refractivity contribution in [3.8, 4) is 0 Å². The Labute approximate surface area is 152 Å². The third kappa shape index (κ3) is 3.91. The molecule has 25 heavy (non-hydrogen) atoms. The highest BCUT2D eigenvalue weighted by atomic mass is 35.5. The molecule has 0 heterocycles. The summed E-state index contributed by atoms with van der Waals surface area (Å²) in [7, 11) is 0. The number of hydrogen-bond donors (Lipinski definition) is 0. The molecule has 130 valence electrons. The SMILES string of the molecule is CC(=O)OCc1c2ccccc2c(COC(C)=O)c2ccccc12.Cl. The van der Waals surface area contributed by atoms with Gasteiger partial charge in [0.2, 0.25) is 0 Å². The molecule has 0 fully saturated rings. The molecule has 0 spiro atoms. The van der Waals surface area contributed by atoms with E-state index in [1.807, 2.05) is 48.5 Å². The third-order valence-electron chi connectivity index (χ3n) is 3.99. The Balaban J connectivity index is 0.00000225. The lowest BCUT2D eigenvalue weighted by Gasteiger charge is -2.16. The first-order valence-electron chi connectivity index (χ1n) is 7.76. The summed E-state index contributed by atoms with van der Waals surface area (Å²) in [6.45, 7) is 3.23. The minimum atomic E-state index is -0.313. The zero-order chi connectivity index (χ0) is 17.1. The normalized spacial score (nSPS) is 10.3. The van der Waals surface area contributed by atoms with Crippen molar-refractivity contribution < 1.29 is 19.1 Å². The van der Waals surface area contributed by atoms with Gasteiger partial charge in [-0.05, 0) is 21.5 Å². The maximum atomic E-state index is 11.3. The average Bonchev–Trinajstić information content (AvgIpc) is 2.57. The number of benzene rings is 3. The Morgan fingerprint density at radius 3 is 1.20 bits per heavy atom. The maximum absolute atomic E-state index is 11.3. The van der Waals surface area contributed by atoms with Crippen molar-refractivity contribution in [2.24, 2.45) is 0 Å². The highest BCUT2D eigenvalue weighted by molar-refractivity contribution is 6.05. The molecule has 0 aromatic heterocycles. The van der Waals surface area contributed by atoms with Gasteiger partial charge in [0.25, 0.3) is 0 Å². The first-order valence-corrected chi connectivity index (χ1v) is 7.76. The fourth-order valence-corrected chi connectivity index (χ4v) is 2.97. The number of fused-ring (bicyclic) bond motifs is 2. The van der Waals surface area contributed by atoms with Crippen LogP contribution in [0.4, 0.5) is 0 Å². The van der Waals surface area contributed by atoms with E-state index in [9.17, 15) is 9.59 Å². The van der Waals surface area contributed by atoms with Gasteiger partial charge in [-0.2, -0.15) is 0 Å². The highest BCUT2D eigenvalue weighted by Crippen LogP contribution is 2.33. The van der Waals surface area contributed by atoms with Crippen LogP contribution in [0, 0.1) is 0 Å². The van der Waals surface area contributed by atoms with Gasteiger partial charge < -0.3 is 9.47 Å². The summed E-state index contributed by atoms with van der Waals surface area (Å²) >= 11 is 0. The molecule has 0 saturated heterocycles. The quantitative estimate of drug-likeness (QED) is 0.507. The monoisotopic (exact) mass is 358 g/mol. The lowest BCUT2D eigenvalue weighted by Crippen LogP contribution is -2.04. The van der Waals surface area contributed by atoms with Gasteiger partial charge >= 0.3 is 11.9 Å². The van der Waals surface area contributed by atoms with Gasteiger partial charge in [0.1, 0.15) is 13.2 Å². The van der Waals surface area contributed by atoms with Crippen LogP contribution in [-0.2, 0) is 32.3 Å². The minimum Gasteiger partial charge on any atom is -0.461 e. The fourth-order valence-electron chi connectivity index (χ4n) is 2.97. The molecule has 0 aliphatic rings. The standard InChI is InChI=1S/C20H18O4.ClH/c1-13(21)23-11-19-15-7-3-5-9-17(15)20(12-24-14(2)22)18-10-6-4-8-16(18)19;/h3-10H,11-12H2,1-2H3;1H. The molecule has 5 heteroatoms. The summed E-state index contributed by atoms with van der Waals surface area (Å²) in [5.74, 6) is -0.626. The maximum Gasteiger partial charge on any atom is 0.302 e. The molecule has 0 aliphatic carbocycles. The van der Waals surface area contributed by atoms with E-state index in [1.165, 1.54) is 13.8 Å². The first kappa shape index (κ1) is 18.7. The van der Waals surface area contributed by atoms with E-state index in [1.54, 1.807) is 0 Å². The van der Waals surface area contributed by atoms with Crippen molar-refractivity contribution in [2.45, 2.75) is 27.1 Å². The summed E-state index contributed by atoms with van der Waals surface area (Å²) in [4.78, 5) is 22.5. The second kappa shape index (κ2) is 7.99. The van der Waals surface area contributed by atoms with Crippen molar-refractivity contribution in [1.82, 2.24) is 0 Å². The van der Waals surface area contributed by atoms with E-state index < -0.39 is 0 Å². The Kier molecular flexibility index (Phi) is 5.99. The van der Waals surface area contributed by atoms with Crippen molar-refractivity contribution in [1.29, 1.82) is 0 Å². The number of carbonyl (C=O) groups excluding carboxylic acids is 2. The summed E-state index contributed by atoms with van der Waals surface area (Å²) in [5.41, 5.74) is 1.92. The zero-order valence-electron chi connectivity index (χ0n) is 14.1. The lowest BCUT2D eigenvalue weighted by atomic mass is 9.92. The molecular formula is C20H19ClO4. The molecule has 4 nitrogen and oxygen atoms in total. The van der Waals surface area contributed by atoms with Crippen LogP contribution in [0.15, 0.2) is 48.5 Å². The minimum absolute atomic E-state index is 0. The Morgan fingerprint density at radius 1 is 0.680 bits per heavy atom. The van der Waals surface area contributed by atoms with Crippen LogP contribution < -0.4 is 0 Å². The van der Waals surface area contributed by atoms with Crippen LogP contribution in [0.25, 0.3) is 21.5 Å². The Hall–Kier alpha value is -2.59. The van der Waals surface area contributed by atoms with Gasteiger partial charge in [-0.25, -0.2) is 0 Å². The van der Waals surface area contributed by atoms with Crippen molar-refractivity contribution in [3.63, 3.8) is 0 Å². The molecule has 0 atom stereocenters. The number of rotatable bonds is 4. The van der Waals surface area contributed by atoms with Gasteiger partial charge in [-0.1, -0.05) is 48.5 Å². The Morgan fingerprint density at radius 2 is 0.960 bits per heavy atom. The van der Waals surface area contributed by atoms with E-state index in [0.717, 1.165) is 32.7 Å². The van der Waals surface area contributed by atoms with Crippen molar-refractivity contribution in [2.75, 3.05) is 0 Å². The lowest BCUT2D eigenvalue weighted by molar-refractivity contribution is -0.143. The van der Waals surface area contributed by atoms with Crippen LogP contribution >= 0.6 is 12.4 Å². The van der Waals surface area contributed by atoms with Crippen LogP contribution in [0.5, 0.6) is 0 Å². The summed E-state index contributed by atoms with van der Waals surface area (Å²) in [6, 6.07) is 15.8. The third-order valence-corrected chi connectivity index (χ3v) is 3.99. The van der Waals surface area contributed by atoms with Gasteiger partial charge in [-0.3, -0.25) is 9.59 Å². The molecule has 0 radical (unpaired) electrons. The van der Waals surface area contributed by atoms with Gasteiger partial charge in [0.15, 0.2) is 0 Å². The van der Waals surface area contributed by atoms with Crippen LogP contribution in [-0.4, -0.2) is 11.9 Å². The molecule has 0 bridgehead atoms. The molecule has 3 rings (SSSR count). The Bertz CT molecular complexity index is 801. The fraction of sp³-hybridized carbons (Fsp3) is 0.200. The molecular weight excluding hydrogens is 340 g/mol. The number of esters is 2. The van der Waals surface area contributed by atoms with Crippen molar-refractivity contribution in [3.05, 3.63) is 59.7 Å². The summed E-state index contributed by atoms with van der Waals surface area (Å²) in [5, 5.41) is 4.00. The van der Waals surface area contributed by atoms with Crippen LogP contribution in [0.1, 0.15) is 25.0 Å². The molecule has 0 unspecified atom stereocenters. The largest absolute Gasteiger partial charge is 0.461 e. The van der Waals surface area contributed by atoms with E-state index in [2.05, 4.69) is 0 Å². The van der Waals surface area contributed by atoms with Gasteiger partial charge in [0.05, 0.1) is 0 Å². The summed E-state index contributed by atoms with van der Waals surface area (Å²) in [6.07, 6.45) is 0. The highest BCUT2D eigenvalue weighted by Gasteiger charge is 2.15. The number of carbonyl (C=O) groups is 2. The summed E-state index contributed by atoms with van der Waals surface area (Å²) < 4.78 is 10.5. The molecule has 0 aliphatic heterocycles. The van der Waals surface area contributed by atoms with E-state index >= 15 is 0 Å². The molecule has 0 amide bonds.